The molecule has 0 aliphatic heterocycles. The first-order chi connectivity index (χ1) is 12.2. The van der Waals surface area contributed by atoms with Gasteiger partial charge in [-0.15, -0.1) is 0 Å². The monoisotopic (exact) mass is 351 g/mol. The molecule has 0 aliphatic rings. The summed E-state index contributed by atoms with van der Waals surface area (Å²) in [5.41, 5.74) is 4.70. The van der Waals surface area contributed by atoms with Crippen LogP contribution in [0.15, 0.2) is 72.8 Å². The Morgan fingerprint density at radius 2 is 1.56 bits per heavy atom. The number of nitrogens with one attached hydrogen (secondary N) is 1. The third-order valence-electron chi connectivity index (χ3n) is 4.09. The zero-order valence-corrected chi connectivity index (χ0v) is 15.1. The van der Waals surface area contributed by atoms with Crippen molar-refractivity contribution in [2.75, 3.05) is 5.32 Å². The standard InChI is InChI=1S/C22H22ClNO/c1-2-17-8-11-20(12-9-17)24-15-19-10-13-22(21(23)14-19)25-16-18-6-4-3-5-7-18/h3-14,24H,2,15-16H2,1H3. The lowest BCUT2D eigenvalue weighted by molar-refractivity contribution is 0.306. The molecule has 0 amide bonds. The predicted octanol–water partition coefficient (Wildman–Crippen LogP) is 6.09. The molecule has 0 spiro atoms. The Bertz CT molecular complexity index is 800. The SMILES string of the molecule is CCc1ccc(NCc2ccc(OCc3ccccc3)c(Cl)c2)cc1. The third-order valence-corrected chi connectivity index (χ3v) is 4.39. The summed E-state index contributed by atoms with van der Waals surface area (Å²) in [5, 5.41) is 4.05. The van der Waals surface area contributed by atoms with Crippen molar-refractivity contribution in [3.63, 3.8) is 0 Å². The third kappa shape index (κ3) is 5.01. The van der Waals surface area contributed by atoms with E-state index >= 15 is 0 Å². The largest absolute Gasteiger partial charge is 0.487 e. The molecule has 3 heteroatoms. The lowest BCUT2D eigenvalue weighted by Crippen LogP contribution is -2.00. The van der Waals surface area contributed by atoms with Crippen LogP contribution in [0.5, 0.6) is 5.75 Å². The molecule has 0 atom stereocenters. The molecule has 0 aliphatic carbocycles. The summed E-state index contributed by atoms with van der Waals surface area (Å²) in [6.45, 7) is 3.40. The van der Waals surface area contributed by atoms with Crippen LogP contribution >= 0.6 is 11.6 Å². The van der Waals surface area contributed by atoms with E-state index in [0.29, 0.717) is 17.4 Å². The Morgan fingerprint density at radius 1 is 0.840 bits per heavy atom. The molecule has 0 heterocycles. The predicted molar refractivity (Wildman–Crippen MR) is 105 cm³/mol. The van der Waals surface area contributed by atoms with Gasteiger partial charge >= 0.3 is 0 Å². The number of rotatable bonds is 7. The van der Waals surface area contributed by atoms with Crippen molar-refractivity contribution in [1.82, 2.24) is 0 Å². The molecule has 0 aromatic heterocycles. The van der Waals surface area contributed by atoms with Gasteiger partial charge in [-0.25, -0.2) is 0 Å². The Balaban J connectivity index is 1.57. The van der Waals surface area contributed by atoms with Crippen molar-refractivity contribution >= 4 is 17.3 Å². The molecular formula is C22H22ClNO. The number of aryl methyl sites for hydroxylation is 1. The smallest absolute Gasteiger partial charge is 0.138 e. The fraction of sp³-hybridized carbons (Fsp3) is 0.182. The van der Waals surface area contributed by atoms with E-state index in [1.165, 1.54) is 5.56 Å². The van der Waals surface area contributed by atoms with Crippen LogP contribution in [-0.2, 0) is 19.6 Å². The van der Waals surface area contributed by atoms with E-state index in [2.05, 4.69) is 36.5 Å². The molecule has 1 N–H and O–H groups in total. The quantitative estimate of drug-likeness (QED) is 0.555. The maximum Gasteiger partial charge on any atom is 0.138 e. The van der Waals surface area contributed by atoms with E-state index in [4.69, 9.17) is 16.3 Å². The van der Waals surface area contributed by atoms with Crippen LogP contribution in [0.25, 0.3) is 0 Å². The first-order valence-electron chi connectivity index (χ1n) is 8.52. The van der Waals surface area contributed by atoms with Gasteiger partial charge in [-0.2, -0.15) is 0 Å². The van der Waals surface area contributed by atoms with Gasteiger partial charge in [0.2, 0.25) is 0 Å². The summed E-state index contributed by atoms with van der Waals surface area (Å²) in [6.07, 6.45) is 1.06. The Labute approximate surface area is 154 Å². The van der Waals surface area contributed by atoms with E-state index in [1.54, 1.807) is 0 Å². The maximum absolute atomic E-state index is 6.36. The average Bonchev–Trinajstić information content (AvgIpc) is 2.67. The molecule has 0 bridgehead atoms. The number of ether oxygens (including phenoxy) is 1. The highest BCUT2D eigenvalue weighted by molar-refractivity contribution is 6.32. The first-order valence-corrected chi connectivity index (χ1v) is 8.90. The van der Waals surface area contributed by atoms with Gasteiger partial charge < -0.3 is 10.1 Å². The number of halogens is 1. The van der Waals surface area contributed by atoms with Crippen LogP contribution < -0.4 is 10.1 Å². The fourth-order valence-corrected chi connectivity index (χ4v) is 2.83. The minimum Gasteiger partial charge on any atom is -0.487 e. The molecular weight excluding hydrogens is 330 g/mol. The second-order valence-electron chi connectivity index (χ2n) is 5.94. The highest BCUT2D eigenvalue weighted by atomic mass is 35.5. The average molecular weight is 352 g/mol. The molecule has 25 heavy (non-hydrogen) atoms. The van der Waals surface area contributed by atoms with Gasteiger partial charge in [0.25, 0.3) is 0 Å². The Morgan fingerprint density at radius 3 is 2.24 bits per heavy atom. The van der Waals surface area contributed by atoms with Crippen molar-refractivity contribution in [2.24, 2.45) is 0 Å². The highest BCUT2D eigenvalue weighted by Crippen LogP contribution is 2.26. The minimum atomic E-state index is 0.516. The molecule has 0 saturated heterocycles. The van der Waals surface area contributed by atoms with Crippen LogP contribution in [0.2, 0.25) is 5.02 Å². The molecule has 3 aromatic carbocycles. The van der Waals surface area contributed by atoms with E-state index < -0.39 is 0 Å². The lowest BCUT2D eigenvalue weighted by atomic mass is 10.1. The van der Waals surface area contributed by atoms with Gasteiger partial charge in [0, 0.05) is 12.2 Å². The zero-order chi connectivity index (χ0) is 17.5. The summed E-state index contributed by atoms with van der Waals surface area (Å²) < 4.78 is 5.81. The number of hydrogen-bond donors (Lipinski definition) is 1. The molecule has 0 unspecified atom stereocenters. The molecule has 3 rings (SSSR count). The van der Waals surface area contributed by atoms with Crippen LogP contribution in [0.3, 0.4) is 0 Å². The van der Waals surface area contributed by atoms with Crippen LogP contribution in [0, 0.1) is 0 Å². The van der Waals surface area contributed by atoms with Gasteiger partial charge in [-0.05, 0) is 47.4 Å². The van der Waals surface area contributed by atoms with Crippen LogP contribution in [0.4, 0.5) is 5.69 Å². The molecule has 0 saturated carbocycles. The highest BCUT2D eigenvalue weighted by Gasteiger charge is 2.04. The van der Waals surface area contributed by atoms with E-state index in [0.717, 1.165) is 29.8 Å². The molecule has 2 nitrogen and oxygen atoms in total. The summed E-state index contributed by atoms with van der Waals surface area (Å²) in [6, 6.07) is 24.5. The number of anilines is 1. The summed E-state index contributed by atoms with van der Waals surface area (Å²) in [5.74, 6) is 0.710. The molecule has 0 radical (unpaired) electrons. The minimum absolute atomic E-state index is 0.516. The molecule has 128 valence electrons. The second-order valence-corrected chi connectivity index (χ2v) is 6.35. The molecule has 3 aromatic rings. The normalized spacial score (nSPS) is 10.5. The van der Waals surface area contributed by atoms with Crippen molar-refractivity contribution in [3.05, 3.63) is 94.5 Å². The fourth-order valence-electron chi connectivity index (χ4n) is 2.57. The number of hydrogen-bond acceptors (Lipinski definition) is 2. The van der Waals surface area contributed by atoms with Crippen LogP contribution in [-0.4, -0.2) is 0 Å². The summed E-state index contributed by atoms with van der Waals surface area (Å²) in [4.78, 5) is 0. The van der Waals surface area contributed by atoms with E-state index in [9.17, 15) is 0 Å². The van der Waals surface area contributed by atoms with E-state index in [-0.39, 0.29) is 0 Å². The van der Waals surface area contributed by atoms with Crippen molar-refractivity contribution in [3.8, 4) is 5.75 Å². The summed E-state index contributed by atoms with van der Waals surface area (Å²) in [7, 11) is 0. The van der Waals surface area contributed by atoms with Crippen LogP contribution in [0.1, 0.15) is 23.6 Å². The Kier molecular flexibility index (Phi) is 5.97. The second kappa shape index (κ2) is 8.59. The lowest BCUT2D eigenvalue weighted by Gasteiger charge is -2.11. The van der Waals surface area contributed by atoms with E-state index in [1.807, 2.05) is 48.5 Å². The van der Waals surface area contributed by atoms with Crippen molar-refractivity contribution in [1.29, 1.82) is 0 Å². The zero-order valence-electron chi connectivity index (χ0n) is 14.3. The first kappa shape index (κ1) is 17.4. The topological polar surface area (TPSA) is 21.3 Å². The van der Waals surface area contributed by atoms with Gasteiger partial charge in [-0.1, -0.05) is 67.1 Å². The van der Waals surface area contributed by atoms with Gasteiger partial charge in [0.15, 0.2) is 0 Å². The van der Waals surface area contributed by atoms with Gasteiger partial charge in [0.05, 0.1) is 5.02 Å². The van der Waals surface area contributed by atoms with Crippen molar-refractivity contribution < 1.29 is 4.74 Å². The molecule has 0 fully saturated rings. The van der Waals surface area contributed by atoms with Crippen molar-refractivity contribution in [2.45, 2.75) is 26.5 Å². The summed E-state index contributed by atoms with van der Waals surface area (Å²) >= 11 is 6.36. The number of benzene rings is 3. The maximum atomic E-state index is 6.36. The van der Waals surface area contributed by atoms with Gasteiger partial charge in [0.1, 0.15) is 12.4 Å². The van der Waals surface area contributed by atoms with Gasteiger partial charge in [-0.3, -0.25) is 0 Å². The Hall–Kier alpha value is -2.45.